The van der Waals surface area contributed by atoms with Crippen molar-refractivity contribution in [3.05, 3.63) is 29.3 Å². The van der Waals surface area contributed by atoms with Crippen LogP contribution in [0.3, 0.4) is 0 Å². The van der Waals surface area contributed by atoms with Gasteiger partial charge in [0.15, 0.2) is 0 Å². The van der Waals surface area contributed by atoms with Crippen LogP contribution in [-0.4, -0.2) is 206 Å². The van der Waals surface area contributed by atoms with Crippen molar-refractivity contribution >= 4 is 41.3 Å². The Morgan fingerprint density at radius 3 is 2.24 bits per heavy atom. The van der Waals surface area contributed by atoms with Crippen molar-refractivity contribution in [2.45, 2.75) is 119 Å². The fourth-order valence-corrected chi connectivity index (χ4v) is 13.2. The van der Waals surface area contributed by atoms with E-state index in [1.165, 1.54) is 19.3 Å². The van der Waals surface area contributed by atoms with Crippen molar-refractivity contribution in [3.63, 3.8) is 0 Å². The number of rotatable bonds is 11. The van der Waals surface area contributed by atoms with E-state index in [9.17, 15) is 28.8 Å². The summed E-state index contributed by atoms with van der Waals surface area (Å²) in [5.74, 6) is -1.60. The Hall–Kier alpha value is -4.28. The highest BCUT2D eigenvalue weighted by Crippen LogP contribution is 2.36. The molecule has 6 atom stereocenters. The Morgan fingerprint density at radius 2 is 1.51 bits per heavy atom. The second-order valence-corrected chi connectivity index (χ2v) is 21.2. The van der Waals surface area contributed by atoms with Crippen LogP contribution in [-0.2, 0) is 14.4 Å². The molecule has 9 aliphatic rings. The number of imide groups is 2. The molecule has 68 heavy (non-hydrogen) atoms. The van der Waals surface area contributed by atoms with Gasteiger partial charge in [-0.05, 0) is 75.1 Å². The maximum Gasteiger partial charge on any atom is 0.320 e. The van der Waals surface area contributed by atoms with Crippen LogP contribution in [0.25, 0.3) is 0 Å². The predicted octanol–water partition coefficient (Wildman–Crippen LogP) is -0.772. The van der Waals surface area contributed by atoms with Crippen LogP contribution in [0.1, 0.15) is 97.8 Å². The Bertz CT molecular complexity index is 2070. The molecule has 1 aromatic carbocycles. The second-order valence-electron chi connectivity index (χ2n) is 21.2. The number of nitrogens with two attached hydrogens (primary N) is 1. The molecule has 20 heteroatoms. The number of hydrogen-bond acceptors (Lipinski definition) is 15. The van der Waals surface area contributed by atoms with Gasteiger partial charge in [0, 0.05) is 116 Å². The zero-order valence-corrected chi connectivity index (χ0v) is 39.9. The molecule has 1 saturated carbocycles. The van der Waals surface area contributed by atoms with Crippen molar-refractivity contribution in [1.82, 2.24) is 61.3 Å². The van der Waals surface area contributed by atoms with Crippen LogP contribution in [0.4, 0.5) is 10.5 Å². The van der Waals surface area contributed by atoms with Gasteiger partial charge in [-0.2, -0.15) is 0 Å². The van der Waals surface area contributed by atoms with Crippen LogP contribution in [0, 0.1) is 11.8 Å². The number of fused-ring (bicyclic) bond motifs is 1. The lowest BCUT2D eigenvalue weighted by molar-refractivity contribution is -0.136. The lowest BCUT2D eigenvalue weighted by atomic mass is 9.75. The first kappa shape index (κ1) is 47.4. The molecule has 10 rings (SSSR count). The summed E-state index contributed by atoms with van der Waals surface area (Å²) in [5, 5.41) is 21.8. The number of likely N-dealkylation sites (N-methyl/N-ethyl adjacent to an activating group) is 1. The molecule has 1 aromatic rings. The van der Waals surface area contributed by atoms with Gasteiger partial charge in [-0.25, -0.2) is 4.79 Å². The number of urea groups is 1. The average molecular weight is 943 g/mol. The van der Waals surface area contributed by atoms with Crippen molar-refractivity contribution in [1.29, 1.82) is 0 Å². The fraction of sp³-hybridized carbons (Fsp3) is 0.750. The fourth-order valence-electron chi connectivity index (χ4n) is 13.2. The summed E-state index contributed by atoms with van der Waals surface area (Å²) in [4.78, 5) is 92.3. The molecule has 8 fully saturated rings. The lowest BCUT2D eigenvalue weighted by Crippen LogP contribution is -2.84. The van der Waals surface area contributed by atoms with Crippen molar-refractivity contribution in [2.75, 3.05) is 104 Å². The third-order valence-electron chi connectivity index (χ3n) is 16.9. The van der Waals surface area contributed by atoms with E-state index in [2.05, 4.69) is 56.4 Å². The highest BCUT2D eigenvalue weighted by molar-refractivity contribution is 6.23. The quantitative estimate of drug-likeness (QED) is 0.136. The van der Waals surface area contributed by atoms with E-state index in [0.29, 0.717) is 23.6 Å². The van der Waals surface area contributed by atoms with Crippen molar-refractivity contribution in [2.24, 2.45) is 17.6 Å². The summed E-state index contributed by atoms with van der Waals surface area (Å²) in [5.41, 5.74) is 7.12. The van der Waals surface area contributed by atoms with Gasteiger partial charge in [0.1, 0.15) is 18.4 Å². The molecule has 0 bridgehead atoms. The summed E-state index contributed by atoms with van der Waals surface area (Å²) in [6, 6.07) is 4.21. The van der Waals surface area contributed by atoms with E-state index in [1.807, 2.05) is 18.0 Å². The van der Waals surface area contributed by atoms with E-state index in [4.69, 9.17) is 5.73 Å². The van der Waals surface area contributed by atoms with Gasteiger partial charge in [-0.15, -0.1) is 0 Å². The van der Waals surface area contributed by atoms with E-state index in [-0.39, 0.29) is 61.1 Å². The number of amides is 7. The molecule has 372 valence electrons. The first-order valence-corrected chi connectivity index (χ1v) is 25.8. The van der Waals surface area contributed by atoms with Gasteiger partial charge < -0.3 is 30.7 Å². The number of primary amides is 1. The predicted molar refractivity (Wildman–Crippen MR) is 254 cm³/mol. The van der Waals surface area contributed by atoms with Gasteiger partial charge in [-0.1, -0.05) is 32.1 Å². The molecular formula is C48H74N14O6. The highest BCUT2D eigenvalue weighted by atomic mass is 16.2. The SMILES string of the molecule is CN1CCN([C@@H]2CCCN(C3CNC(C(N)=O)C(NC4CNC(N5CCN(C[C@H]6CCN(c7ccc8c(c7)C(=O)N([C@@H]7CCC(=O)NC7=O)C8=O)C6)CC5)NC4)(C4CCCCCCC4)N3)C2)C1=O. The van der Waals surface area contributed by atoms with Gasteiger partial charge in [-0.3, -0.25) is 65.3 Å². The molecule has 7 amide bonds. The average Bonchev–Trinajstić information content (AvgIpc) is 4.01. The Labute approximate surface area is 400 Å². The number of carbonyl (C=O) groups is 6. The standard InChI is InChI=1S/C48H74N14O6/c1-56-18-23-61(47(56)68)35-10-7-16-60(30-35)39-27-50-41(42(49)64)48(55-39,32-8-5-3-2-4-6-9-32)54-33-25-51-46(52-26-33)58-21-19-57(20-22-58)28-31-15-17-59(29-31)34-11-12-36-37(24-34)45(67)62(44(36)66)38-13-14-40(63)53-43(38)65/h11-12,24,31-33,35,38-39,41,46,50-52,54-55H,2-10,13-23,25-30H2,1H3,(H2,49,64)(H,53,63,65)/t31-,33?,35-,38-,39?,41?,46?,48?/m1/s1. The van der Waals surface area contributed by atoms with E-state index < -0.39 is 35.5 Å². The summed E-state index contributed by atoms with van der Waals surface area (Å²) < 4.78 is 0. The zero-order chi connectivity index (χ0) is 47.1. The van der Waals surface area contributed by atoms with Crippen LogP contribution in [0.2, 0.25) is 0 Å². The molecule has 8 N–H and O–H groups in total. The van der Waals surface area contributed by atoms with E-state index >= 15 is 0 Å². The van der Waals surface area contributed by atoms with Crippen LogP contribution in [0.15, 0.2) is 18.2 Å². The monoisotopic (exact) mass is 943 g/mol. The second kappa shape index (κ2) is 20.2. The Morgan fingerprint density at radius 1 is 0.765 bits per heavy atom. The number of hydrogen-bond donors (Lipinski definition) is 7. The summed E-state index contributed by atoms with van der Waals surface area (Å²) in [7, 11) is 1.89. The van der Waals surface area contributed by atoms with Gasteiger partial charge in [0.2, 0.25) is 17.7 Å². The smallest absolute Gasteiger partial charge is 0.320 e. The first-order chi connectivity index (χ1) is 33.0. The van der Waals surface area contributed by atoms with Crippen LogP contribution >= 0.6 is 0 Å². The molecule has 0 aromatic heterocycles. The van der Waals surface area contributed by atoms with Crippen LogP contribution < -0.4 is 42.5 Å². The number of anilines is 1. The number of piperidine rings is 2. The minimum Gasteiger partial charge on any atom is -0.371 e. The number of nitrogens with zero attached hydrogens (tertiary/aromatic N) is 7. The topological polar surface area (TPSA) is 223 Å². The molecule has 20 nitrogen and oxygen atoms in total. The molecule has 7 saturated heterocycles. The van der Waals surface area contributed by atoms with Gasteiger partial charge in [0.25, 0.3) is 11.8 Å². The lowest BCUT2D eigenvalue weighted by Gasteiger charge is -2.56. The molecular weight excluding hydrogens is 869 g/mol. The van der Waals surface area contributed by atoms with Gasteiger partial charge >= 0.3 is 6.03 Å². The number of benzene rings is 1. The summed E-state index contributed by atoms with van der Waals surface area (Å²) in [6.07, 6.45) is 11.3. The Balaban J connectivity index is 0.728. The normalized spacial score (nSPS) is 34.4. The molecule has 8 heterocycles. The maximum absolute atomic E-state index is 13.5. The molecule has 3 unspecified atom stereocenters. The third-order valence-corrected chi connectivity index (χ3v) is 16.9. The van der Waals surface area contributed by atoms with E-state index in [0.717, 1.165) is 141 Å². The maximum atomic E-state index is 13.5. The van der Waals surface area contributed by atoms with Crippen molar-refractivity contribution < 1.29 is 28.8 Å². The molecule has 0 spiro atoms. The number of carbonyl (C=O) groups excluding carboxylic acids is 6. The minimum atomic E-state index is -0.975. The van der Waals surface area contributed by atoms with Gasteiger partial charge in [0.05, 0.1) is 23.0 Å². The highest BCUT2D eigenvalue weighted by Gasteiger charge is 2.54. The number of nitrogens with one attached hydrogen (secondary N) is 6. The third kappa shape index (κ3) is 9.51. The molecule has 8 aliphatic heterocycles. The van der Waals surface area contributed by atoms with Crippen molar-refractivity contribution in [3.8, 4) is 0 Å². The summed E-state index contributed by atoms with van der Waals surface area (Å²) in [6.45, 7) is 11.9. The number of likely N-dealkylation sites (tertiary alicyclic amines) is 1. The van der Waals surface area contributed by atoms with E-state index in [1.54, 1.807) is 12.1 Å². The summed E-state index contributed by atoms with van der Waals surface area (Å²) >= 11 is 0. The number of piperazine rings is 2. The molecule has 0 radical (unpaired) electrons. The molecule has 1 aliphatic carbocycles. The zero-order valence-electron chi connectivity index (χ0n) is 39.9. The minimum absolute atomic E-state index is 0.0146. The Kier molecular flexibility index (Phi) is 14.1. The largest absolute Gasteiger partial charge is 0.371 e. The van der Waals surface area contributed by atoms with Crippen LogP contribution in [0.5, 0.6) is 0 Å². The first-order valence-electron chi connectivity index (χ1n) is 25.8.